The van der Waals surface area contributed by atoms with E-state index >= 15 is 0 Å². The first-order valence-electron chi connectivity index (χ1n) is 6.46. The Morgan fingerprint density at radius 1 is 1.53 bits per heavy atom. The van der Waals surface area contributed by atoms with E-state index in [9.17, 15) is 14.7 Å². The largest absolute Gasteiger partial charge is 0.480 e. The van der Waals surface area contributed by atoms with Crippen LogP contribution in [0.2, 0.25) is 0 Å². The predicted molar refractivity (Wildman–Crippen MR) is 67.9 cm³/mol. The van der Waals surface area contributed by atoms with Crippen LogP contribution in [0.3, 0.4) is 0 Å². The highest BCUT2D eigenvalue weighted by Gasteiger charge is 2.39. The minimum Gasteiger partial charge on any atom is -0.480 e. The zero-order valence-electron chi connectivity index (χ0n) is 11.3. The minimum absolute atomic E-state index is 0.0502. The zero-order valence-corrected chi connectivity index (χ0v) is 11.3. The topological polar surface area (TPSA) is 99.1 Å². The highest BCUT2D eigenvalue weighted by atomic mass is 16.5. The van der Waals surface area contributed by atoms with Crippen LogP contribution in [-0.2, 0) is 9.53 Å². The molecule has 0 saturated carbocycles. The molecule has 1 saturated heterocycles. The smallest absolute Gasteiger partial charge is 0.326 e. The highest BCUT2D eigenvalue weighted by molar-refractivity contribution is 5.83. The average molecular weight is 274 g/mol. The maximum absolute atomic E-state index is 12.1. The van der Waals surface area contributed by atoms with Gasteiger partial charge in [-0.25, -0.2) is 9.59 Å². The predicted octanol–water partition coefficient (Wildman–Crippen LogP) is 0.0309. The van der Waals surface area contributed by atoms with E-state index in [4.69, 9.17) is 9.84 Å². The van der Waals surface area contributed by atoms with E-state index in [1.165, 1.54) is 4.90 Å². The van der Waals surface area contributed by atoms with E-state index in [2.05, 4.69) is 5.32 Å². The Hall–Kier alpha value is -1.34. The second-order valence-corrected chi connectivity index (χ2v) is 4.79. The summed E-state index contributed by atoms with van der Waals surface area (Å²) in [6, 6.07) is -1.56. The van der Waals surface area contributed by atoms with Crippen LogP contribution in [0.5, 0.6) is 0 Å². The molecule has 1 rings (SSSR count). The fraction of sp³-hybridized carbons (Fsp3) is 0.833. The van der Waals surface area contributed by atoms with Gasteiger partial charge in [-0.3, -0.25) is 0 Å². The quantitative estimate of drug-likeness (QED) is 0.634. The number of carboxylic acid groups (broad SMARTS) is 1. The van der Waals surface area contributed by atoms with E-state index in [1.807, 2.05) is 6.92 Å². The van der Waals surface area contributed by atoms with Gasteiger partial charge in [-0.05, 0) is 6.42 Å². The number of nitrogens with zero attached hydrogens (tertiary/aromatic N) is 1. The lowest BCUT2D eigenvalue weighted by atomic mass is 10.2. The fourth-order valence-corrected chi connectivity index (χ4v) is 2.28. The molecule has 0 spiro atoms. The molecule has 2 amide bonds. The molecule has 0 aliphatic carbocycles. The Balaban J connectivity index is 2.62. The summed E-state index contributed by atoms with van der Waals surface area (Å²) < 4.78 is 5.02. The van der Waals surface area contributed by atoms with Crippen molar-refractivity contribution in [2.24, 2.45) is 0 Å². The van der Waals surface area contributed by atoms with Gasteiger partial charge in [-0.15, -0.1) is 0 Å². The van der Waals surface area contributed by atoms with Gasteiger partial charge < -0.3 is 25.2 Å². The van der Waals surface area contributed by atoms with Crippen molar-refractivity contribution in [2.45, 2.75) is 44.4 Å². The number of nitrogens with one attached hydrogen (secondary N) is 1. The molecular formula is C12H22N2O5. The Morgan fingerprint density at radius 3 is 2.74 bits per heavy atom. The van der Waals surface area contributed by atoms with Crippen molar-refractivity contribution < 1.29 is 24.5 Å². The molecule has 3 atom stereocenters. The zero-order chi connectivity index (χ0) is 14.4. The highest BCUT2D eigenvalue weighted by Crippen LogP contribution is 2.18. The SMILES string of the molecule is CCCC(COC)NC(=O)N1CC(O)C[C@H]1C(=O)O. The van der Waals surface area contributed by atoms with Crippen LogP contribution in [0.1, 0.15) is 26.2 Å². The Morgan fingerprint density at radius 2 is 2.21 bits per heavy atom. The van der Waals surface area contributed by atoms with E-state index in [0.717, 1.165) is 12.8 Å². The molecule has 7 nitrogen and oxygen atoms in total. The third-order valence-electron chi connectivity index (χ3n) is 3.16. The number of carboxylic acids is 1. The summed E-state index contributed by atoms with van der Waals surface area (Å²) in [5, 5.41) is 21.3. The minimum atomic E-state index is -1.09. The number of hydrogen-bond donors (Lipinski definition) is 3. The van der Waals surface area contributed by atoms with E-state index in [-0.39, 0.29) is 19.0 Å². The van der Waals surface area contributed by atoms with Crippen LogP contribution in [0.4, 0.5) is 4.79 Å². The van der Waals surface area contributed by atoms with Crippen LogP contribution < -0.4 is 5.32 Å². The number of aliphatic hydroxyl groups is 1. The molecular weight excluding hydrogens is 252 g/mol. The van der Waals surface area contributed by atoms with E-state index < -0.39 is 24.1 Å². The number of ether oxygens (including phenoxy) is 1. The molecule has 2 unspecified atom stereocenters. The van der Waals surface area contributed by atoms with Gasteiger partial charge in [0.15, 0.2) is 0 Å². The number of aliphatic hydroxyl groups excluding tert-OH is 1. The van der Waals surface area contributed by atoms with Crippen molar-refractivity contribution in [1.29, 1.82) is 0 Å². The number of β-amino-alcohol motifs (C(OH)–C–C–N with tert-alkyl or cyclic N) is 1. The van der Waals surface area contributed by atoms with E-state index in [0.29, 0.717) is 6.61 Å². The maximum Gasteiger partial charge on any atom is 0.326 e. The van der Waals surface area contributed by atoms with Gasteiger partial charge in [0, 0.05) is 20.1 Å². The number of hydrogen-bond acceptors (Lipinski definition) is 4. The van der Waals surface area contributed by atoms with Gasteiger partial charge in [-0.2, -0.15) is 0 Å². The molecule has 110 valence electrons. The summed E-state index contributed by atoms with van der Waals surface area (Å²) in [4.78, 5) is 24.3. The van der Waals surface area contributed by atoms with Gasteiger partial charge in [-0.1, -0.05) is 13.3 Å². The number of amides is 2. The maximum atomic E-state index is 12.1. The third kappa shape index (κ3) is 4.36. The first kappa shape index (κ1) is 15.7. The lowest BCUT2D eigenvalue weighted by Crippen LogP contribution is -2.50. The number of rotatable bonds is 6. The standard InChI is InChI=1S/C12H22N2O5/c1-3-4-8(7-19-2)13-12(18)14-6-9(15)5-10(14)11(16)17/h8-10,15H,3-7H2,1-2H3,(H,13,18)(H,16,17)/t8?,9?,10-/m0/s1. The number of likely N-dealkylation sites (tertiary alicyclic amines) is 1. The summed E-state index contributed by atoms with van der Waals surface area (Å²) in [6.45, 7) is 2.43. The number of carbonyl (C=O) groups excluding carboxylic acids is 1. The lowest BCUT2D eigenvalue weighted by Gasteiger charge is -2.25. The Labute approximate surface area is 112 Å². The molecule has 0 aromatic heterocycles. The number of urea groups is 1. The van der Waals surface area contributed by atoms with Gasteiger partial charge >= 0.3 is 12.0 Å². The average Bonchev–Trinajstić information content (AvgIpc) is 2.72. The van der Waals surface area contributed by atoms with Crippen molar-refractivity contribution >= 4 is 12.0 Å². The van der Waals surface area contributed by atoms with Crippen molar-refractivity contribution in [3.63, 3.8) is 0 Å². The molecule has 0 aromatic carbocycles. The normalized spacial score (nSPS) is 24.3. The van der Waals surface area contributed by atoms with Gasteiger partial charge in [0.25, 0.3) is 0 Å². The summed E-state index contributed by atoms with van der Waals surface area (Å²) in [6.07, 6.45) is 0.942. The van der Waals surface area contributed by atoms with Crippen LogP contribution in [0.25, 0.3) is 0 Å². The molecule has 19 heavy (non-hydrogen) atoms. The van der Waals surface area contributed by atoms with Gasteiger partial charge in [0.2, 0.25) is 0 Å². The van der Waals surface area contributed by atoms with E-state index in [1.54, 1.807) is 7.11 Å². The lowest BCUT2D eigenvalue weighted by molar-refractivity contribution is -0.141. The molecule has 1 aliphatic heterocycles. The van der Waals surface area contributed by atoms with Gasteiger partial charge in [0.05, 0.1) is 18.8 Å². The number of carbonyl (C=O) groups is 2. The molecule has 1 fully saturated rings. The second kappa shape index (κ2) is 7.30. The number of aliphatic carboxylic acids is 1. The Bertz CT molecular complexity index is 317. The summed E-state index contributed by atoms with van der Waals surface area (Å²) >= 11 is 0. The molecule has 0 aromatic rings. The molecule has 1 heterocycles. The van der Waals surface area contributed by atoms with Crippen LogP contribution in [0.15, 0.2) is 0 Å². The number of methoxy groups -OCH3 is 1. The molecule has 1 aliphatic rings. The van der Waals surface area contributed by atoms with Crippen molar-refractivity contribution in [2.75, 3.05) is 20.3 Å². The summed E-state index contributed by atoms with van der Waals surface area (Å²) in [5.74, 6) is -1.09. The summed E-state index contributed by atoms with van der Waals surface area (Å²) in [7, 11) is 1.55. The van der Waals surface area contributed by atoms with Crippen molar-refractivity contribution in [3.05, 3.63) is 0 Å². The van der Waals surface area contributed by atoms with Crippen molar-refractivity contribution in [3.8, 4) is 0 Å². The molecule has 0 bridgehead atoms. The van der Waals surface area contributed by atoms with Gasteiger partial charge in [0.1, 0.15) is 6.04 Å². The summed E-state index contributed by atoms with van der Waals surface area (Å²) in [5.41, 5.74) is 0. The molecule has 3 N–H and O–H groups in total. The van der Waals surface area contributed by atoms with Crippen LogP contribution in [-0.4, -0.2) is 65.6 Å². The van der Waals surface area contributed by atoms with Crippen molar-refractivity contribution in [1.82, 2.24) is 10.2 Å². The second-order valence-electron chi connectivity index (χ2n) is 4.79. The third-order valence-corrected chi connectivity index (χ3v) is 3.16. The first-order chi connectivity index (χ1) is 8.99. The fourth-order valence-electron chi connectivity index (χ4n) is 2.28. The molecule has 0 radical (unpaired) electrons. The van der Waals surface area contributed by atoms with Crippen LogP contribution in [0, 0.1) is 0 Å². The molecule has 7 heteroatoms. The Kier molecular flexibility index (Phi) is 6.04. The van der Waals surface area contributed by atoms with Crippen LogP contribution >= 0.6 is 0 Å². The first-order valence-corrected chi connectivity index (χ1v) is 6.46. The monoisotopic (exact) mass is 274 g/mol.